The smallest absolute Gasteiger partial charge is 0.406 e. The first-order valence-electron chi connectivity index (χ1n) is 12.6. The Bertz CT molecular complexity index is 1310. The number of imidazole rings is 1. The highest BCUT2D eigenvalue weighted by atomic mass is 19.4. The molecule has 1 aromatic carbocycles. The third-order valence-electron chi connectivity index (χ3n) is 7.41. The lowest BCUT2D eigenvalue weighted by Crippen LogP contribution is -2.40. The SMILES string of the molecule is O=C(c1ccc(OC(F)(F)F)cc1)N1CCC(n2c(=O)[nH]c3ncc([C@@H]4CCCCC(O)C4)cc32)CC1. The molecule has 0 bridgehead atoms. The first-order chi connectivity index (χ1) is 17.7. The van der Waals surface area contributed by atoms with Crippen LogP contribution < -0.4 is 10.4 Å². The summed E-state index contributed by atoms with van der Waals surface area (Å²) < 4.78 is 42.7. The summed E-state index contributed by atoms with van der Waals surface area (Å²) in [6.07, 6.45) is 2.30. The van der Waals surface area contributed by atoms with Crippen LogP contribution in [0.15, 0.2) is 41.3 Å². The van der Waals surface area contributed by atoms with E-state index in [1.54, 1.807) is 15.7 Å². The maximum Gasteiger partial charge on any atom is 0.573 e. The van der Waals surface area contributed by atoms with Crippen molar-refractivity contribution in [1.29, 1.82) is 0 Å². The van der Waals surface area contributed by atoms with Crippen LogP contribution in [0, 0.1) is 0 Å². The molecule has 2 fully saturated rings. The number of carbonyl (C=O) groups is 1. The average Bonchev–Trinajstić information content (AvgIpc) is 3.03. The van der Waals surface area contributed by atoms with Crippen LogP contribution in [0.1, 0.15) is 72.8 Å². The molecule has 2 aromatic heterocycles. The third kappa shape index (κ3) is 5.66. The lowest BCUT2D eigenvalue weighted by molar-refractivity contribution is -0.274. The first kappa shape index (κ1) is 25.3. The van der Waals surface area contributed by atoms with E-state index in [2.05, 4.69) is 14.7 Å². The lowest BCUT2D eigenvalue weighted by atomic mass is 9.92. The Morgan fingerprint density at radius 2 is 1.78 bits per heavy atom. The number of H-pyrrole nitrogens is 1. The molecule has 1 saturated heterocycles. The number of hydrogen-bond donors (Lipinski definition) is 2. The predicted octanol–water partition coefficient (Wildman–Crippen LogP) is 4.51. The monoisotopic (exact) mass is 518 g/mol. The highest BCUT2D eigenvalue weighted by Gasteiger charge is 2.31. The Hall–Kier alpha value is -3.34. The molecule has 1 saturated carbocycles. The number of hydrogen-bond acceptors (Lipinski definition) is 5. The zero-order valence-electron chi connectivity index (χ0n) is 20.2. The van der Waals surface area contributed by atoms with Crippen molar-refractivity contribution < 1.29 is 27.8 Å². The van der Waals surface area contributed by atoms with Gasteiger partial charge >= 0.3 is 12.1 Å². The number of amides is 1. The fourth-order valence-corrected chi connectivity index (χ4v) is 5.55. The molecule has 198 valence electrons. The summed E-state index contributed by atoms with van der Waals surface area (Å²) in [6.45, 7) is 0.816. The van der Waals surface area contributed by atoms with Gasteiger partial charge < -0.3 is 14.7 Å². The van der Waals surface area contributed by atoms with Crippen molar-refractivity contribution in [2.75, 3.05) is 13.1 Å². The maximum absolute atomic E-state index is 12.9. The minimum Gasteiger partial charge on any atom is -0.406 e. The van der Waals surface area contributed by atoms with Gasteiger partial charge in [0.05, 0.1) is 11.6 Å². The van der Waals surface area contributed by atoms with E-state index in [9.17, 15) is 27.9 Å². The molecule has 1 unspecified atom stereocenters. The number of likely N-dealkylation sites (tertiary alicyclic amines) is 1. The molecule has 1 aliphatic heterocycles. The van der Waals surface area contributed by atoms with E-state index in [1.165, 1.54) is 12.1 Å². The van der Waals surface area contributed by atoms with Gasteiger partial charge in [0, 0.05) is 30.9 Å². The van der Waals surface area contributed by atoms with Crippen LogP contribution in [0.5, 0.6) is 5.75 Å². The Kier molecular flexibility index (Phi) is 6.98. The van der Waals surface area contributed by atoms with Gasteiger partial charge in [0.25, 0.3) is 5.91 Å². The van der Waals surface area contributed by atoms with Crippen molar-refractivity contribution in [2.24, 2.45) is 0 Å². The van der Waals surface area contributed by atoms with Gasteiger partial charge in [0.1, 0.15) is 5.75 Å². The van der Waals surface area contributed by atoms with Crippen molar-refractivity contribution in [3.8, 4) is 5.75 Å². The van der Waals surface area contributed by atoms with E-state index in [0.717, 1.165) is 48.9 Å². The summed E-state index contributed by atoms with van der Waals surface area (Å²) in [6, 6.07) is 6.76. The molecule has 0 spiro atoms. The molecule has 1 aliphatic carbocycles. The van der Waals surface area contributed by atoms with Crippen LogP contribution in [-0.2, 0) is 0 Å². The summed E-state index contributed by atoms with van der Waals surface area (Å²) in [7, 11) is 0. The van der Waals surface area contributed by atoms with E-state index in [0.29, 0.717) is 38.0 Å². The normalized spacial score (nSPS) is 21.7. The second-order valence-corrected chi connectivity index (χ2v) is 9.90. The number of nitrogens with zero attached hydrogens (tertiary/aromatic N) is 3. The number of aromatic amines is 1. The second-order valence-electron chi connectivity index (χ2n) is 9.90. The average molecular weight is 519 g/mol. The molecule has 2 N–H and O–H groups in total. The van der Waals surface area contributed by atoms with Crippen LogP contribution in [0.2, 0.25) is 0 Å². The van der Waals surface area contributed by atoms with Gasteiger partial charge in [-0.1, -0.05) is 12.8 Å². The van der Waals surface area contributed by atoms with E-state index in [-0.39, 0.29) is 41.0 Å². The molecule has 2 aliphatic rings. The third-order valence-corrected chi connectivity index (χ3v) is 7.41. The number of piperidine rings is 1. The van der Waals surface area contributed by atoms with Crippen LogP contribution in [0.3, 0.4) is 0 Å². The highest BCUT2D eigenvalue weighted by molar-refractivity contribution is 5.94. The molecule has 2 atom stereocenters. The van der Waals surface area contributed by atoms with Crippen molar-refractivity contribution in [3.05, 3.63) is 58.1 Å². The van der Waals surface area contributed by atoms with E-state index in [1.807, 2.05) is 6.07 Å². The molecule has 5 rings (SSSR count). The van der Waals surface area contributed by atoms with Gasteiger partial charge in [-0.2, -0.15) is 0 Å². The molecule has 8 nitrogen and oxygen atoms in total. The minimum atomic E-state index is -4.79. The molecule has 3 aromatic rings. The Morgan fingerprint density at radius 1 is 1.08 bits per heavy atom. The Labute approximate surface area is 211 Å². The van der Waals surface area contributed by atoms with Gasteiger partial charge in [0.15, 0.2) is 5.65 Å². The fourth-order valence-electron chi connectivity index (χ4n) is 5.55. The van der Waals surface area contributed by atoms with Crippen LogP contribution >= 0.6 is 0 Å². The van der Waals surface area contributed by atoms with Crippen molar-refractivity contribution in [3.63, 3.8) is 0 Å². The van der Waals surface area contributed by atoms with Gasteiger partial charge in [-0.3, -0.25) is 14.3 Å². The molecule has 1 amide bonds. The predicted molar refractivity (Wildman–Crippen MR) is 129 cm³/mol. The first-order valence-corrected chi connectivity index (χ1v) is 12.6. The number of pyridine rings is 1. The van der Waals surface area contributed by atoms with Crippen LogP contribution in [0.25, 0.3) is 11.2 Å². The zero-order valence-corrected chi connectivity index (χ0v) is 20.2. The number of fused-ring (bicyclic) bond motifs is 1. The molecule has 11 heteroatoms. The minimum absolute atomic E-state index is 0.121. The largest absolute Gasteiger partial charge is 0.573 e. The number of alkyl halides is 3. The van der Waals surface area contributed by atoms with Gasteiger partial charge in [-0.05, 0) is 73.9 Å². The number of ether oxygens (including phenoxy) is 1. The van der Waals surface area contributed by atoms with Crippen molar-refractivity contribution >= 4 is 17.1 Å². The number of nitrogens with one attached hydrogen (secondary N) is 1. The van der Waals surface area contributed by atoms with Crippen molar-refractivity contribution in [2.45, 2.75) is 69.4 Å². The highest BCUT2D eigenvalue weighted by Crippen LogP contribution is 2.33. The number of aliphatic hydroxyl groups excluding tert-OH is 1. The van der Waals surface area contributed by atoms with Crippen molar-refractivity contribution in [1.82, 2.24) is 19.4 Å². The van der Waals surface area contributed by atoms with Gasteiger partial charge in [-0.25, -0.2) is 9.78 Å². The summed E-state index contributed by atoms with van der Waals surface area (Å²) in [5.74, 6) is -0.466. The summed E-state index contributed by atoms with van der Waals surface area (Å²) >= 11 is 0. The standard InChI is InChI=1S/C26H29F3N4O4/c27-26(28,29)37-21-7-5-16(6-8-21)24(35)32-11-9-19(10-12-32)33-22-14-18(15-30-23(22)31-25(33)36)17-3-1-2-4-20(34)13-17/h5-8,14-15,17,19-20,34H,1-4,9-13H2,(H,30,31,36)/t17-,20?/m1/s1. The number of aromatic nitrogens is 3. The number of aliphatic hydroxyl groups is 1. The van der Waals surface area contributed by atoms with Crippen LogP contribution in [0.4, 0.5) is 13.2 Å². The summed E-state index contributed by atoms with van der Waals surface area (Å²) in [5.41, 5.74) is 2.29. The summed E-state index contributed by atoms with van der Waals surface area (Å²) in [4.78, 5) is 34.7. The topological polar surface area (TPSA) is 100 Å². The number of rotatable bonds is 4. The Balaban J connectivity index is 1.29. The number of carbonyl (C=O) groups excluding carboxylic acids is 1. The molecule has 0 radical (unpaired) electrons. The second kappa shape index (κ2) is 10.2. The van der Waals surface area contributed by atoms with Gasteiger partial charge in [0.2, 0.25) is 0 Å². The zero-order chi connectivity index (χ0) is 26.2. The van der Waals surface area contributed by atoms with E-state index in [4.69, 9.17) is 0 Å². The summed E-state index contributed by atoms with van der Waals surface area (Å²) in [5, 5.41) is 10.2. The molecule has 37 heavy (non-hydrogen) atoms. The molecule has 3 heterocycles. The molecular weight excluding hydrogens is 489 g/mol. The Morgan fingerprint density at radius 3 is 2.49 bits per heavy atom. The van der Waals surface area contributed by atoms with E-state index < -0.39 is 6.36 Å². The fraction of sp³-hybridized carbons (Fsp3) is 0.500. The quantitative estimate of drug-likeness (QED) is 0.495. The van der Waals surface area contributed by atoms with Crippen LogP contribution in [-0.4, -0.2) is 56.0 Å². The maximum atomic E-state index is 12.9. The van der Waals surface area contributed by atoms with Gasteiger partial charge in [-0.15, -0.1) is 13.2 Å². The number of halogens is 3. The number of benzene rings is 1. The lowest BCUT2D eigenvalue weighted by Gasteiger charge is -2.32. The molecular formula is C26H29F3N4O4. The van der Waals surface area contributed by atoms with E-state index >= 15 is 0 Å².